The molecule has 2 N–H and O–H groups in total. The Morgan fingerprint density at radius 2 is 1.96 bits per heavy atom. The van der Waals surface area contributed by atoms with Crippen LogP contribution in [0, 0.1) is 6.92 Å². The van der Waals surface area contributed by atoms with Crippen molar-refractivity contribution < 1.29 is 4.79 Å². The van der Waals surface area contributed by atoms with Crippen LogP contribution in [0.3, 0.4) is 0 Å². The maximum Gasteiger partial charge on any atom is 0.319 e. The van der Waals surface area contributed by atoms with Gasteiger partial charge < -0.3 is 20.1 Å². The summed E-state index contributed by atoms with van der Waals surface area (Å²) in [6.07, 6.45) is 3.43. The maximum absolute atomic E-state index is 11.9. The zero-order chi connectivity index (χ0) is 18.2. The van der Waals surface area contributed by atoms with E-state index >= 15 is 0 Å². The third-order valence-electron chi connectivity index (χ3n) is 3.95. The molecule has 0 fully saturated rings. The van der Waals surface area contributed by atoms with Gasteiger partial charge >= 0.3 is 6.03 Å². The van der Waals surface area contributed by atoms with Crippen molar-refractivity contribution >= 4 is 17.4 Å². The average Bonchev–Trinajstić information content (AvgIpc) is 2.56. The molecule has 0 aliphatic rings. The van der Waals surface area contributed by atoms with Crippen molar-refractivity contribution in [3.8, 4) is 0 Å². The lowest BCUT2D eigenvalue weighted by Gasteiger charge is -2.16. The van der Waals surface area contributed by atoms with E-state index in [1.54, 1.807) is 22.9 Å². The minimum absolute atomic E-state index is 0.00439. The Morgan fingerprint density at radius 3 is 2.64 bits per heavy atom. The number of nitrogens with one attached hydrogen (secondary N) is 2. The van der Waals surface area contributed by atoms with Crippen molar-refractivity contribution in [2.24, 2.45) is 0 Å². The first-order chi connectivity index (χ1) is 12.0. The van der Waals surface area contributed by atoms with E-state index in [0.717, 1.165) is 29.8 Å². The van der Waals surface area contributed by atoms with E-state index in [-0.39, 0.29) is 11.6 Å². The number of unbranched alkanes of at least 4 members (excludes halogenated alkanes) is 1. The summed E-state index contributed by atoms with van der Waals surface area (Å²) in [7, 11) is 3.98. The molecule has 0 aliphatic carbocycles. The first-order valence-electron chi connectivity index (χ1n) is 8.45. The van der Waals surface area contributed by atoms with Gasteiger partial charge in [0.2, 0.25) is 5.56 Å². The minimum Gasteiger partial charge on any atom is -0.377 e. The molecule has 0 atom stereocenters. The summed E-state index contributed by atoms with van der Waals surface area (Å²) in [6.45, 7) is 3.25. The highest BCUT2D eigenvalue weighted by atomic mass is 16.2. The third-order valence-corrected chi connectivity index (χ3v) is 3.95. The van der Waals surface area contributed by atoms with Crippen LogP contribution in [0.25, 0.3) is 0 Å². The highest BCUT2D eigenvalue weighted by Crippen LogP contribution is 2.21. The van der Waals surface area contributed by atoms with Crippen molar-refractivity contribution in [2.45, 2.75) is 26.3 Å². The number of nitrogens with zero attached hydrogens (tertiary/aromatic N) is 2. The Balaban J connectivity index is 1.71. The SMILES string of the molecule is Cc1cc(NC(=O)NCCCCn2ccccc2=O)ccc1N(C)C. The molecule has 25 heavy (non-hydrogen) atoms. The Labute approximate surface area is 148 Å². The van der Waals surface area contributed by atoms with E-state index in [4.69, 9.17) is 0 Å². The standard InChI is InChI=1S/C19H26N4O2/c1-15-14-16(9-10-17(15)22(2)3)21-19(25)20-11-5-7-13-23-12-6-4-8-18(23)24/h4,6,8-10,12,14H,5,7,11,13H2,1-3H3,(H2,20,21,25). The average molecular weight is 342 g/mol. The van der Waals surface area contributed by atoms with Gasteiger partial charge in [0.25, 0.3) is 0 Å². The summed E-state index contributed by atoms with van der Waals surface area (Å²) in [5.41, 5.74) is 3.01. The van der Waals surface area contributed by atoms with Gasteiger partial charge in [-0.2, -0.15) is 0 Å². The summed E-state index contributed by atoms with van der Waals surface area (Å²) in [5.74, 6) is 0. The fourth-order valence-corrected chi connectivity index (χ4v) is 2.66. The molecule has 2 amide bonds. The number of anilines is 2. The van der Waals surface area contributed by atoms with Gasteiger partial charge in [0.15, 0.2) is 0 Å². The van der Waals surface area contributed by atoms with Crippen LogP contribution in [0.1, 0.15) is 18.4 Å². The maximum atomic E-state index is 11.9. The van der Waals surface area contributed by atoms with Gasteiger partial charge in [-0.15, -0.1) is 0 Å². The molecule has 1 aromatic heterocycles. The summed E-state index contributed by atoms with van der Waals surface area (Å²) in [6, 6.07) is 10.8. The predicted octanol–water partition coefficient (Wildman–Crippen LogP) is 2.82. The first-order valence-corrected chi connectivity index (χ1v) is 8.45. The zero-order valence-electron chi connectivity index (χ0n) is 15.1. The lowest BCUT2D eigenvalue weighted by molar-refractivity contribution is 0.252. The van der Waals surface area contributed by atoms with Crippen molar-refractivity contribution in [3.05, 3.63) is 58.5 Å². The number of benzene rings is 1. The Kier molecular flexibility index (Phi) is 6.62. The number of hydrogen-bond donors (Lipinski definition) is 2. The van der Waals surface area contributed by atoms with Crippen LogP contribution in [0.4, 0.5) is 16.2 Å². The summed E-state index contributed by atoms with van der Waals surface area (Å²) >= 11 is 0. The molecular weight excluding hydrogens is 316 g/mol. The van der Waals surface area contributed by atoms with E-state index < -0.39 is 0 Å². The monoisotopic (exact) mass is 342 g/mol. The van der Waals surface area contributed by atoms with Crippen LogP contribution in [0.5, 0.6) is 0 Å². The van der Waals surface area contributed by atoms with Gasteiger partial charge in [0.1, 0.15) is 0 Å². The van der Waals surface area contributed by atoms with Crippen molar-refractivity contribution in [3.63, 3.8) is 0 Å². The molecule has 2 rings (SSSR count). The molecule has 6 nitrogen and oxygen atoms in total. The molecule has 1 aromatic carbocycles. The molecule has 0 aliphatic heterocycles. The van der Waals surface area contributed by atoms with Gasteiger partial charge in [-0.1, -0.05) is 6.07 Å². The number of amides is 2. The van der Waals surface area contributed by atoms with Crippen LogP contribution >= 0.6 is 0 Å². The molecule has 0 spiro atoms. The molecule has 2 aromatic rings. The second kappa shape index (κ2) is 8.92. The lowest BCUT2D eigenvalue weighted by Crippen LogP contribution is -2.29. The van der Waals surface area contributed by atoms with E-state index in [0.29, 0.717) is 13.1 Å². The van der Waals surface area contributed by atoms with E-state index in [1.165, 1.54) is 0 Å². The number of carbonyl (C=O) groups excluding carboxylic acids is 1. The highest BCUT2D eigenvalue weighted by Gasteiger charge is 2.05. The number of pyridine rings is 1. The lowest BCUT2D eigenvalue weighted by atomic mass is 10.1. The number of urea groups is 1. The molecule has 0 radical (unpaired) electrons. The molecule has 134 valence electrons. The molecular formula is C19H26N4O2. The quantitative estimate of drug-likeness (QED) is 0.761. The summed E-state index contributed by atoms with van der Waals surface area (Å²) in [4.78, 5) is 25.5. The molecule has 0 saturated carbocycles. The van der Waals surface area contributed by atoms with Crippen LogP contribution in [0.2, 0.25) is 0 Å². The highest BCUT2D eigenvalue weighted by molar-refractivity contribution is 5.89. The van der Waals surface area contributed by atoms with Crippen LogP contribution in [0.15, 0.2) is 47.4 Å². The van der Waals surface area contributed by atoms with Crippen molar-refractivity contribution in [1.82, 2.24) is 9.88 Å². The Bertz CT molecular complexity index is 768. The van der Waals surface area contributed by atoms with Gasteiger partial charge in [0, 0.05) is 50.8 Å². The molecule has 0 unspecified atom stereocenters. The summed E-state index contributed by atoms with van der Waals surface area (Å²) in [5, 5.41) is 5.68. The molecule has 0 saturated heterocycles. The summed E-state index contributed by atoms with van der Waals surface area (Å²) < 4.78 is 1.68. The van der Waals surface area contributed by atoms with E-state index in [9.17, 15) is 9.59 Å². The van der Waals surface area contributed by atoms with E-state index in [2.05, 4.69) is 10.6 Å². The van der Waals surface area contributed by atoms with Gasteiger partial charge in [-0.25, -0.2) is 4.79 Å². The number of hydrogen-bond acceptors (Lipinski definition) is 3. The minimum atomic E-state index is -0.214. The first kappa shape index (κ1) is 18.6. The Hall–Kier alpha value is -2.76. The van der Waals surface area contributed by atoms with Crippen molar-refractivity contribution in [1.29, 1.82) is 0 Å². The second-order valence-corrected chi connectivity index (χ2v) is 6.22. The molecule has 6 heteroatoms. The topological polar surface area (TPSA) is 66.4 Å². The van der Waals surface area contributed by atoms with Gasteiger partial charge in [-0.3, -0.25) is 4.79 Å². The zero-order valence-corrected chi connectivity index (χ0v) is 15.1. The smallest absolute Gasteiger partial charge is 0.319 e. The molecule has 0 bridgehead atoms. The van der Waals surface area contributed by atoms with Crippen LogP contribution < -0.4 is 21.1 Å². The number of aromatic nitrogens is 1. The fourth-order valence-electron chi connectivity index (χ4n) is 2.66. The Morgan fingerprint density at radius 1 is 1.16 bits per heavy atom. The molecule has 1 heterocycles. The van der Waals surface area contributed by atoms with Crippen LogP contribution in [-0.2, 0) is 6.54 Å². The fraction of sp³-hybridized carbons (Fsp3) is 0.368. The largest absolute Gasteiger partial charge is 0.377 e. The third kappa shape index (κ3) is 5.67. The number of carbonyl (C=O) groups is 1. The normalized spacial score (nSPS) is 10.4. The number of aryl methyl sites for hydroxylation is 2. The van der Waals surface area contributed by atoms with Gasteiger partial charge in [0.05, 0.1) is 0 Å². The van der Waals surface area contributed by atoms with E-state index in [1.807, 2.05) is 50.2 Å². The number of rotatable bonds is 7. The van der Waals surface area contributed by atoms with Gasteiger partial charge in [-0.05, 0) is 49.6 Å². The second-order valence-electron chi connectivity index (χ2n) is 6.22. The predicted molar refractivity (Wildman–Crippen MR) is 102 cm³/mol. The van der Waals surface area contributed by atoms with Crippen molar-refractivity contribution in [2.75, 3.05) is 30.9 Å². The van der Waals surface area contributed by atoms with Crippen LogP contribution in [-0.4, -0.2) is 31.2 Å².